The van der Waals surface area contributed by atoms with Gasteiger partial charge in [-0.25, -0.2) is 4.79 Å². The lowest BCUT2D eigenvalue weighted by molar-refractivity contribution is -0.318. The highest BCUT2D eigenvalue weighted by molar-refractivity contribution is 5.82. The van der Waals surface area contributed by atoms with Crippen LogP contribution in [0.1, 0.15) is 33.6 Å². The SMILES string of the molecule is CC(C)(C)OC(=O)N1CCC(CC(=O)O)(C(=O)[O-])C1. The van der Waals surface area contributed by atoms with Gasteiger partial charge in [0.2, 0.25) is 0 Å². The van der Waals surface area contributed by atoms with Gasteiger partial charge in [-0.2, -0.15) is 0 Å². The predicted molar refractivity (Wildman–Crippen MR) is 62.1 cm³/mol. The number of hydrogen-bond acceptors (Lipinski definition) is 5. The number of ether oxygens (including phenoxy) is 1. The molecule has 1 aliphatic rings. The van der Waals surface area contributed by atoms with E-state index in [2.05, 4.69) is 0 Å². The first-order valence-corrected chi connectivity index (χ1v) is 5.97. The molecule has 1 fully saturated rings. The molecule has 0 aliphatic carbocycles. The summed E-state index contributed by atoms with van der Waals surface area (Å²) in [5.41, 5.74) is -2.21. The number of nitrogens with zero attached hydrogens (tertiary/aromatic N) is 1. The van der Waals surface area contributed by atoms with Crippen LogP contribution >= 0.6 is 0 Å². The van der Waals surface area contributed by atoms with Crippen molar-refractivity contribution in [2.75, 3.05) is 13.1 Å². The molecule has 0 aromatic rings. The average molecular weight is 272 g/mol. The Morgan fingerprint density at radius 1 is 1.37 bits per heavy atom. The smallest absolute Gasteiger partial charge is 0.410 e. The third-order valence-electron chi connectivity index (χ3n) is 2.93. The van der Waals surface area contributed by atoms with Gasteiger partial charge in [-0.15, -0.1) is 0 Å². The molecule has 7 heteroatoms. The first kappa shape index (κ1) is 15.3. The molecule has 0 saturated carbocycles. The highest BCUT2D eigenvalue weighted by Crippen LogP contribution is 2.34. The van der Waals surface area contributed by atoms with E-state index in [4.69, 9.17) is 9.84 Å². The van der Waals surface area contributed by atoms with Gasteiger partial charge in [0, 0.05) is 18.5 Å². The van der Waals surface area contributed by atoms with E-state index in [9.17, 15) is 19.5 Å². The largest absolute Gasteiger partial charge is 0.549 e. The summed E-state index contributed by atoms with van der Waals surface area (Å²) in [5, 5.41) is 19.9. The van der Waals surface area contributed by atoms with Crippen LogP contribution in [0.4, 0.5) is 4.79 Å². The van der Waals surface area contributed by atoms with E-state index in [0.717, 1.165) is 0 Å². The fourth-order valence-electron chi connectivity index (χ4n) is 2.03. The van der Waals surface area contributed by atoms with E-state index in [1.807, 2.05) is 0 Å². The van der Waals surface area contributed by atoms with E-state index in [1.54, 1.807) is 20.8 Å². The van der Waals surface area contributed by atoms with Crippen LogP contribution in [0, 0.1) is 5.41 Å². The molecule has 1 atom stereocenters. The van der Waals surface area contributed by atoms with Crippen LogP contribution in [-0.4, -0.2) is 46.7 Å². The number of hydrogen-bond donors (Lipinski definition) is 1. The van der Waals surface area contributed by atoms with Crippen LogP contribution in [0.25, 0.3) is 0 Å². The van der Waals surface area contributed by atoms with Crippen molar-refractivity contribution in [2.45, 2.75) is 39.2 Å². The maximum Gasteiger partial charge on any atom is 0.410 e. The molecule has 1 unspecified atom stereocenters. The van der Waals surface area contributed by atoms with Crippen molar-refractivity contribution in [3.63, 3.8) is 0 Å². The van der Waals surface area contributed by atoms with Gasteiger partial charge in [0.1, 0.15) is 5.60 Å². The van der Waals surface area contributed by atoms with Crippen LogP contribution in [0.5, 0.6) is 0 Å². The van der Waals surface area contributed by atoms with Crippen molar-refractivity contribution < 1.29 is 29.3 Å². The number of carboxylic acid groups (broad SMARTS) is 2. The van der Waals surface area contributed by atoms with Gasteiger partial charge in [0.25, 0.3) is 0 Å². The molecule has 1 aliphatic heterocycles. The summed E-state index contributed by atoms with van der Waals surface area (Å²) in [5.74, 6) is -2.67. The molecule has 1 heterocycles. The first-order valence-electron chi connectivity index (χ1n) is 5.97. The molecular weight excluding hydrogens is 254 g/mol. The van der Waals surface area contributed by atoms with Crippen molar-refractivity contribution in [3.8, 4) is 0 Å². The summed E-state index contributed by atoms with van der Waals surface area (Å²) < 4.78 is 5.13. The lowest BCUT2D eigenvalue weighted by atomic mass is 9.84. The van der Waals surface area contributed by atoms with Gasteiger partial charge in [-0.05, 0) is 27.2 Å². The molecule has 1 N–H and O–H groups in total. The molecular formula is C12H18NO6-. The fourth-order valence-corrected chi connectivity index (χ4v) is 2.03. The number of aliphatic carboxylic acids is 2. The quantitative estimate of drug-likeness (QED) is 0.764. The molecule has 0 aromatic heterocycles. The Kier molecular flexibility index (Phi) is 4.07. The molecule has 1 saturated heterocycles. The molecule has 0 spiro atoms. The molecule has 0 bridgehead atoms. The Balaban J connectivity index is 2.77. The summed E-state index contributed by atoms with van der Waals surface area (Å²) in [6.07, 6.45) is -1.14. The Morgan fingerprint density at radius 3 is 2.37 bits per heavy atom. The molecule has 1 amide bonds. The summed E-state index contributed by atoms with van der Waals surface area (Å²) in [6.45, 7) is 5.05. The predicted octanol–water partition coefficient (Wildman–Crippen LogP) is -0.162. The van der Waals surface area contributed by atoms with Gasteiger partial charge < -0.3 is 24.6 Å². The first-order chi connectivity index (χ1) is 8.56. The number of carboxylic acids is 2. The fraction of sp³-hybridized carbons (Fsp3) is 0.750. The van der Waals surface area contributed by atoms with Crippen LogP contribution in [0.3, 0.4) is 0 Å². The zero-order valence-corrected chi connectivity index (χ0v) is 11.3. The normalized spacial score (nSPS) is 23.2. The van der Waals surface area contributed by atoms with E-state index < -0.39 is 35.5 Å². The third-order valence-corrected chi connectivity index (χ3v) is 2.93. The van der Waals surface area contributed by atoms with Crippen LogP contribution < -0.4 is 5.11 Å². The van der Waals surface area contributed by atoms with Gasteiger partial charge in [0.05, 0.1) is 12.4 Å². The van der Waals surface area contributed by atoms with Crippen LogP contribution in [0.2, 0.25) is 0 Å². The minimum Gasteiger partial charge on any atom is -0.549 e. The Bertz CT molecular complexity index is 400. The number of amides is 1. The summed E-state index contributed by atoms with van der Waals surface area (Å²) in [4.78, 5) is 34.9. The highest BCUT2D eigenvalue weighted by Gasteiger charge is 2.44. The van der Waals surface area contributed by atoms with Crippen molar-refractivity contribution in [1.29, 1.82) is 0 Å². The summed E-state index contributed by atoms with van der Waals surface area (Å²) >= 11 is 0. The number of carbonyl (C=O) groups excluding carboxylic acids is 2. The summed E-state index contributed by atoms with van der Waals surface area (Å²) in [7, 11) is 0. The van der Waals surface area contributed by atoms with E-state index in [-0.39, 0.29) is 19.5 Å². The Morgan fingerprint density at radius 2 is 1.95 bits per heavy atom. The lowest BCUT2D eigenvalue weighted by Crippen LogP contribution is -2.46. The van der Waals surface area contributed by atoms with Gasteiger partial charge >= 0.3 is 12.1 Å². The van der Waals surface area contributed by atoms with E-state index >= 15 is 0 Å². The van der Waals surface area contributed by atoms with Crippen LogP contribution in [0.15, 0.2) is 0 Å². The van der Waals surface area contributed by atoms with Crippen LogP contribution in [-0.2, 0) is 14.3 Å². The maximum atomic E-state index is 11.8. The molecule has 108 valence electrons. The zero-order valence-electron chi connectivity index (χ0n) is 11.3. The second kappa shape index (κ2) is 5.07. The number of rotatable bonds is 3. The van der Waals surface area contributed by atoms with E-state index in [1.165, 1.54) is 4.90 Å². The van der Waals surface area contributed by atoms with E-state index in [0.29, 0.717) is 0 Å². The minimum absolute atomic E-state index is 0.0564. The molecule has 7 nitrogen and oxygen atoms in total. The maximum absolute atomic E-state index is 11.8. The Hall–Kier alpha value is -1.79. The standard InChI is InChI=1S/C12H19NO6/c1-11(2,3)19-10(18)13-5-4-12(7-13,9(16)17)6-8(14)15/h4-7H2,1-3H3,(H,14,15)(H,16,17)/p-1. The topological polar surface area (TPSA) is 107 Å². The number of carbonyl (C=O) groups is 3. The second-order valence-electron chi connectivity index (χ2n) is 5.79. The van der Waals surface area contributed by atoms with Crippen molar-refractivity contribution >= 4 is 18.0 Å². The van der Waals surface area contributed by atoms with Crippen molar-refractivity contribution in [1.82, 2.24) is 4.90 Å². The molecule has 0 radical (unpaired) electrons. The zero-order chi connectivity index (χ0) is 14.8. The third kappa shape index (κ3) is 3.84. The monoisotopic (exact) mass is 272 g/mol. The highest BCUT2D eigenvalue weighted by atomic mass is 16.6. The van der Waals surface area contributed by atoms with Crippen molar-refractivity contribution in [2.24, 2.45) is 5.41 Å². The molecule has 1 rings (SSSR count). The molecule has 0 aromatic carbocycles. The lowest BCUT2D eigenvalue weighted by Gasteiger charge is -2.29. The number of likely N-dealkylation sites (tertiary alicyclic amines) is 1. The Labute approximate surface area is 111 Å². The van der Waals surface area contributed by atoms with Crippen molar-refractivity contribution in [3.05, 3.63) is 0 Å². The minimum atomic E-state index is -1.53. The van der Waals surface area contributed by atoms with Gasteiger partial charge in [-0.1, -0.05) is 0 Å². The average Bonchev–Trinajstić information content (AvgIpc) is 2.59. The van der Waals surface area contributed by atoms with Gasteiger partial charge in [0.15, 0.2) is 0 Å². The molecule has 19 heavy (non-hydrogen) atoms. The summed E-state index contributed by atoms with van der Waals surface area (Å²) in [6, 6.07) is 0. The van der Waals surface area contributed by atoms with Gasteiger partial charge in [-0.3, -0.25) is 4.79 Å². The second-order valence-corrected chi connectivity index (χ2v) is 5.79.